The molecule has 1 aliphatic heterocycles. The number of hydrogen-bond acceptors (Lipinski definition) is 6. The fraction of sp³-hybridized carbons (Fsp3) is 0.176. The van der Waals surface area contributed by atoms with Crippen LogP contribution in [0.25, 0.3) is 16.5 Å². The van der Waals surface area contributed by atoms with Gasteiger partial charge in [-0.25, -0.2) is 9.97 Å². The van der Waals surface area contributed by atoms with Crippen LogP contribution in [0.15, 0.2) is 41.8 Å². The van der Waals surface area contributed by atoms with E-state index in [1.165, 1.54) is 5.57 Å². The van der Waals surface area contributed by atoms with E-state index in [-0.39, 0.29) is 5.95 Å². The van der Waals surface area contributed by atoms with Gasteiger partial charge in [-0.1, -0.05) is 6.07 Å². The zero-order valence-corrected chi connectivity index (χ0v) is 13.3. The average molecular weight is 319 g/mol. The number of imidazole rings is 1. The predicted molar refractivity (Wildman–Crippen MR) is 95.8 cm³/mol. The molecular weight excluding hydrogens is 302 g/mol. The Balaban J connectivity index is 1.68. The first-order valence-corrected chi connectivity index (χ1v) is 7.66. The number of hydrogen-bond donors (Lipinski definition) is 2. The number of aryl methyl sites for hydroxylation is 1. The van der Waals surface area contributed by atoms with E-state index in [0.717, 1.165) is 28.0 Å². The van der Waals surface area contributed by atoms with Gasteiger partial charge in [-0.3, -0.25) is 4.99 Å². The van der Waals surface area contributed by atoms with Crippen molar-refractivity contribution in [2.75, 3.05) is 17.6 Å². The Morgan fingerprint density at radius 3 is 2.96 bits per heavy atom. The number of anilines is 2. The van der Waals surface area contributed by atoms with Gasteiger partial charge in [0.15, 0.2) is 0 Å². The highest BCUT2D eigenvalue weighted by Crippen LogP contribution is 2.26. The van der Waals surface area contributed by atoms with Crippen molar-refractivity contribution in [3.8, 4) is 0 Å². The number of nitrogens with one attached hydrogen (secondary N) is 1. The third kappa shape index (κ3) is 2.60. The van der Waals surface area contributed by atoms with Gasteiger partial charge < -0.3 is 15.6 Å². The zero-order valence-electron chi connectivity index (χ0n) is 13.3. The summed E-state index contributed by atoms with van der Waals surface area (Å²) in [6.07, 6.45) is 7.44. The Morgan fingerprint density at radius 1 is 1.29 bits per heavy atom. The van der Waals surface area contributed by atoms with Crippen LogP contribution in [0.5, 0.6) is 0 Å². The van der Waals surface area contributed by atoms with Crippen molar-refractivity contribution in [3.63, 3.8) is 0 Å². The zero-order chi connectivity index (χ0) is 16.5. The number of nitrogens with two attached hydrogens (primary N) is 1. The minimum absolute atomic E-state index is 0.254. The highest BCUT2D eigenvalue weighted by Gasteiger charge is 2.10. The second-order valence-electron chi connectivity index (χ2n) is 5.69. The van der Waals surface area contributed by atoms with Gasteiger partial charge >= 0.3 is 0 Å². The van der Waals surface area contributed by atoms with Crippen LogP contribution in [0.2, 0.25) is 0 Å². The van der Waals surface area contributed by atoms with E-state index in [4.69, 9.17) is 5.73 Å². The van der Waals surface area contributed by atoms with E-state index < -0.39 is 0 Å². The quantitative estimate of drug-likeness (QED) is 0.767. The van der Waals surface area contributed by atoms with Crippen molar-refractivity contribution in [1.29, 1.82) is 0 Å². The maximum absolute atomic E-state index is 5.89. The van der Waals surface area contributed by atoms with Crippen molar-refractivity contribution in [2.45, 2.75) is 6.54 Å². The second-order valence-corrected chi connectivity index (χ2v) is 5.69. The van der Waals surface area contributed by atoms with Crippen LogP contribution in [0.4, 0.5) is 11.8 Å². The number of allylic oxidation sites excluding steroid dienone is 1. The maximum Gasteiger partial charge on any atom is 0.222 e. The molecule has 3 N–H and O–H groups in total. The second kappa shape index (κ2) is 5.77. The van der Waals surface area contributed by atoms with Gasteiger partial charge in [0, 0.05) is 24.8 Å². The number of nitrogen functional groups attached to an aromatic ring is 1. The van der Waals surface area contributed by atoms with Gasteiger partial charge in [0.05, 0.1) is 30.6 Å². The molecule has 1 aliphatic rings. The smallest absolute Gasteiger partial charge is 0.222 e. The van der Waals surface area contributed by atoms with Crippen LogP contribution in [0.1, 0.15) is 11.3 Å². The largest absolute Gasteiger partial charge is 0.368 e. The SMILES string of the molecule is Cn1cncc1CNc1nc(N)nc2cc(C3=CC=NC3)ccc12. The molecule has 0 amide bonds. The van der Waals surface area contributed by atoms with Gasteiger partial charge in [0.2, 0.25) is 5.95 Å². The summed E-state index contributed by atoms with van der Waals surface area (Å²) in [6.45, 7) is 1.32. The molecule has 0 saturated heterocycles. The van der Waals surface area contributed by atoms with Crippen molar-refractivity contribution >= 4 is 34.5 Å². The highest BCUT2D eigenvalue weighted by molar-refractivity contribution is 5.95. The van der Waals surface area contributed by atoms with Gasteiger partial charge in [-0.15, -0.1) is 0 Å². The van der Waals surface area contributed by atoms with Crippen LogP contribution >= 0.6 is 0 Å². The summed E-state index contributed by atoms with van der Waals surface area (Å²) < 4.78 is 1.96. The van der Waals surface area contributed by atoms with Crippen LogP contribution in [-0.2, 0) is 13.6 Å². The third-order valence-electron chi connectivity index (χ3n) is 4.08. The summed E-state index contributed by atoms with van der Waals surface area (Å²) in [4.78, 5) is 17.1. The van der Waals surface area contributed by atoms with Gasteiger partial charge in [0.25, 0.3) is 0 Å². The fourth-order valence-corrected chi connectivity index (χ4v) is 2.75. The Kier molecular flexibility index (Phi) is 3.45. The molecule has 120 valence electrons. The summed E-state index contributed by atoms with van der Waals surface area (Å²) in [5.41, 5.74) is 10.1. The van der Waals surface area contributed by atoms with Crippen LogP contribution in [-0.4, -0.2) is 32.3 Å². The molecule has 7 nitrogen and oxygen atoms in total. The maximum atomic E-state index is 5.89. The summed E-state index contributed by atoms with van der Waals surface area (Å²) >= 11 is 0. The first-order chi connectivity index (χ1) is 11.7. The number of aromatic nitrogens is 4. The van der Waals surface area contributed by atoms with Gasteiger partial charge in [-0.05, 0) is 29.3 Å². The number of rotatable bonds is 4. The Morgan fingerprint density at radius 2 is 2.21 bits per heavy atom. The van der Waals surface area contributed by atoms with E-state index in [9.17, 15) is 0 Å². The summed E-state index contributed by atoms with van der Waals surface area (Å²) in [6, 6.07) is 6.12. The van der Waals surface area contributed by atoms with E-state index in [0.29, 0.717) is 13.1 Å². The lowest BCUT2D eigenvalue weighted by atomic mass is 10.0. The minimum atomic E-state index is 0.254. The fourth-order valence-electron chi connectivity index (χ4n) is 2.75. The molecule has 0 bridgehead atoms. The number of nitrogens with zero attached hydrogens (tertiary/aromatic N) is 5. The van der Waals surface area contributed by atoms with E-state index >= 15 is 0 Å². The molecule has 0 atom stereocenters. The standard InChI is InChI=1S/C17H17N7/c1-24-10-20-8-13(24)9-21-16-14-3-2-11(12-4-5-19-7-12)6-15(14)22-17(18)23-16/h2-6,8,10H,7,9H2,1H3,(H3,18,21,22,23). The molecule has 0 fully saturated rings. The number of fused-ring (bicyclic) bond motifs is 1. The third-order valence-corrected chi connectivity index (χ3v) is 4.08. The van der Waals surface area contributed by atoms with E-state index in [2.05, 4.69) is 31.3 Å². The molecule has 0 spiro atoms. The lowest BCUT2D eigenvalue weighted by Crippen LogP contribution is -2.08. The summed E-state index contributed by atoms with van der Waals surface area (Å²) in [5.74, 6) is 0.978. The van der Waals surface area contributed by atoms with Crippen molar-refractivity contribution < 1.29 is 0 Å². The molecule has 3 aromatic rings. The van der Waals surface area contributed by atoms with E-state index in [1.807, 2.05) is 42.2 Å². The molecule has 1 aromatic carbocycles. The molecular formula is C17H17N7. The van der Waals surface area contributed by atoms with Gasteiger partial charge in [0.1, 0.15) is 5.82 Å². The summed E-state index contributed by atoms with van der Waals surface area (Å²) in [5, 5.41) is 4.27. The molecule has 7 heteroatoms. The summed E-state index contributed by atoms with van der Waals surface area (Å²) in [7, 11) is 1.96. The lowest BCUT2D eigenvalue weighted by molar-refractivity contribution is 0.836. The highest BCUT2D eigenvalue weighted by atomic mass is 15.1. The van der Waals surface area contributed by atoms with Crippen molar-refractivity contribution in [1.82, 2.24) is 19.5 Å². The lowest BCUT2D eigenvalue weighted by Gasteiger charge is -2.11. The molecule has 0 radical (unpaired) electrons. The van der Waals surface area contributed by atoms with Gasteiger partial charge in [-0.2, -0.15) is 4.98 Å². The monoisotopic (exact) mass is 319 g/mol. The molecule has 0 aliphatic carbocycles. The average Bonchev–Trinajstić information content (AvgIpc) is 3.23. The molecule has 0 saturated carbocycles. The molecule has 2 aromatic heterocycles. The number of benzene rings is 1. The van der Waals surface area contributed by atoms with Crippen LogP contribution in [0.3, 0.4) is 0 Å². The topological polar surface area (TPSA) is 94.0 Å². The molecule has 24 heavy (non-hydrogen) atoms. The van der Waals surface area contributed by atoms with Crippen molar-refractivity contribution in [2.24, 2.45) is 12.0 Å². The first kappa shape index (κ1) is 14.4. The molecule has 4 rings (SSSR count). The predicted octanol–water partition coefficient (Wildman–Crippen LogP) is 2.03. The minimum Gasteiger partial charge on any atom is -0.368 e. The van der Waals surface area contributed by atoms with E-state index in [1.54, 1.807) is 6.33 Å². The van der Waals surface area contributed by atoms with Crippen LogP contribution in [0, 0.1) is 0 Å². The normalized spacial score (nSPS) is 13.5. The molecule has 0 unspecified atom stereocenters. The molecule has 3 heterocycles. The first-order valence-electron chi connectivity index (χ1n) is 7.66. The van der Waals surface area contributed by atoms with Crippen LogP contribution < -0.4 is 11.1 Å². The Bertz CT molecular complexity index is 968. The Hall–Kier alpha value is -3.22. The van der Waals surface area contributed by atoms with Crippen molar-refractivity contribution in [3.05, 3.63) is 48.1 Å². The Labute approximate surface area is 139 Å². The number of aliphatic imine (C=N–C) groups is 1.